The minimum absolute atomic E-state index is 0. The fourth-order valence-electron chi connectivity index (χ4n) is 3.65. The third kappa shape index (κ3) is 6.54. The number of unbranched alkanes of at least 4 members (excludes halogenated alkanes) is 1. The van der Waals surface area contributed by atoms with E-state index in [0.29, 0.717) is 18.2 Å². The van der Waals surface area contributed by atoms with Crippen LogP contribution in [-0.2, 0) is 4.74 Å². The normalized spacial score (nSPS) is 31.6. The van der Waals surface area contributed by atoms with Crippen molar-refractivity contribution < 1.29 is 9.84 Å². The van der Waals surface area contributed by atoms with Crippen LogP contribution in [0.4, 0.5) is 0 Å². The summed E-state index contributed by atoms with van der Waals surface area (Å²) in [6.45, 7) is 10.5. The minimum Gasteiger partial charge on any atom is -0.393 e. The molecule has 2 aliphatic rings. The van der Waals surface area contributed by atoms with E-state index >= 15 is 0 Å². The maximum absolute atomic E-state index is 9.66. The SMILES string of the molecule is CCCCOC1CC(NC(=NCC)NC2CCC(O)CC2)C1(C)C.I. The number of halogens is 1. The monoisotopic (exact) mass is 467 g/mol. The second kappa shape index (κ2) is 10.9. The van der Waals surface area contributed by atoms with Crippen LogP contribution in [0.15, 0.2) is 4.99 Å². The number of nitrogens with zero attached hydrogens (tertiary/aromatic N) is 1. The van der Waals surface area contributed by atoms with Gasteiger partial charge in [-0.25, -0.2) is 0 Å². The van der Waals surface area contributed by atoms with E-state index in [1.807, 2.05) is 0 Å². The van der Waals surface area contributed by atoms with Gasteiger partial charge in [0.1, 0.15) is 0 Å². The Kier molecular flexibility index (Phi) is 10.0. The number of aliphatic hydroxyl groups excluding tert-OH is 1. The molecule has 2 aliphatic carbocycles. The molecule has 2 unspecified atom stereocenters. The molecule has 6 heteroatoms. The lowest BCUT2D eigenvalue weighted by atomic mass is 9.64. The van der Waals surface area contributed by atoms with Gasteiger partial charge in [-0.05, 0) is 45.4 Å². The molecular formula is C19H38IN3O2. The van der Waals surface area contributed by atoms with Gasteiger partial charge < -0.3 is 20.5 Å². The molecule has 2 atom stereocenters. The maximum Gasteiger partial charge on any atom is 0.191 e. The Balaban J connectivity index is 0.00000312. The van der Waals surface area contributed by atoms with Crippen LogP contribution in [0.3, 0.4) is 0 Å². The van der Waals surface area contributed by atoms with E-state index in [-0.39, 0.29) is 35.5 Å². The summed E-state index contributed by atoms with van der Waals surface area (Å²) in [6.07, 6.45) is 7.40. The topological polar surface area (TPSA) is 65.9 Å². The van der Waals surface area contributed by atoms with Crippen molar-refractivity contribution in [2.45, 2.75) is 96.9 Å². The molecule has 0 amide bonds. The van der Waals surface area contributed by atoms with Crippen LogP contribution in [-0.4, -0.2) is 48.5 Å². The highest BCUT2D eigenvalue weighted by Gasteiger charge is 2.49. The van der Waals surface area contributed by atoms with Crippen molar-refractivity contribution in [3.05, 3.63) is 0 Å². The molecule has 0 saturated heterocycles. The predicted octanol–water partition coefficient (Wildman–Crippen LogP) is 3.45. The molecule has 0 radical (unpaired) electrons. The first-order valence-corrected chi connectivity index (χ1v) is 9.84. The zero-order chi connectivity index (χ0) is 17.6. The number of aliphatic hydroxyl groups is 1. The third-order valence-corrected chi connectivity index (χ3v) is 5.66. The van der Waals surface area contributed by atoms with Crippen molar-refractivity contribution >= 4 is 29.9 Å². The molecule has 0 aromatic carbocycles. The highest BCUT2D eigenvalue weighted by atomic mass is 127. The summed E-state index contributed by atoms with van der Waals surface area (Å²) in [5.41, 5.74) is 0.132. The van der Waals surface area contributed by atoms with Gasteiger partial charge in [0.25, 0.3) is 0 Å². The fraction of sp³-hybridized carbons (Fsp3) is 0.947. The molecule has 0 bridgehead atoms. The maximum atomic E-state index is 9.66. The Morgan fingerprint density at radius 1 is 1.16 bits per heavy atom. The predicted molar refractivity (Wildman–Crippen MR) is 115 cm³/mol. The lowest BCUT2D eigenvalue weighted by Gasteiger charge is -2.52. The smallest absolute Gasteiger partial charge is 0.191 e. The quantitative estimate of drug-likeness (QED) is 0.232. The zero-order valence-corrected chi connectivity index (χ0v) is 18.7. The highest BCUT2D eigenvalue weighted by molar-refractivity contribution is 14.0. The van der Waals surface area contributed by atoms with Crippen LogP contribution >= 0.6 is 24.0 Å². The average molecular weight is 467 g/mol. The van der Waals surface area contributed by atoms with E-state index in [1.165, 1.54) is 6.42 Å². The lowest BCUT2D eigenvalue weighted by Crippen LogP contribution is -2.64. The second-order valence-corrected chi connectivity index (χ2v) is 7.94. The van der Waals surface area contributed by atoms with E-state index in [9.17, 15) is 5.11 Å². The molecular weight excluding hydrogens is 429 g/mol. The first-order valence-electron chi connectivity index (χ1n) is 9.84. The standard InChI is InChI=1S/C19H37N3O2.HI/c1-5-7-12-24-17-13-16(19(17,3)4)22-18(20-6-2)21-14-8-10-15(23)11-9-14;/h14-17,23H,5-13H2,1-4H3,(H2,20,21,22);1H. The Hall–Kier alpha value is -0.0800. The van der Waals surface area contributed by atoms with Gasteiger partial charge in [-0.3, -0.25) is 4.99 Å². The Morgan fingerprint density at radius 2 is 1.84 bits per heavy atom. The molecule has 0 heterocycles. The van der Waals surface area contributed by atoms with Crippen molar-refractivity contribution in [1.29, 1.82) is 0 Å². The summed E-state index contributed by atoms with van der Waals surface area (Å²) in [7, 11) is 0. The number of hydrogen-bond acceptors (Lipinski definition) is 3. The Bertz CT molecular complexity index is 409. The van der Waals surface area contributed by atoms with Gasteiger partial charge in [-0.1, -0.05) is 27.2 Å². The van der Waals surface area contributed by atoms with Crippen molar-refractivity contribution in [3.63, 3.8) is 0 Å². The zero-order valence-electron chi connectivity index (χ0n) is 16.4. The van der Waals surface area contributed by atoms with Crippen molar-refractivity contribution in [1.82, 2.24) is 10.6 Å². The van der Waals surface area contributed by atoms with Gasteiger partial charge in [-0.2, -0.15) is 0 Å². The molecule has 2 saturated carbocycles. The molecule has 0 spiro atoms. The van der Waals surface area contributed by atoms with Gasteiger partial charge in [0.2, 0.25) is 0 Å². The number of hydrogen-bond donors (Lipinski definition) is 3. The molecule has 0 aromatic rings. The molecule has 3 N–H and O–H groups in total. The average Bonchev–Trinajstić information content (AvgIpc) is 2.55. The fourth-order valence-corrected chi connectivity index (χ4v) is 3.65. The summed E-state index contributed by atoms with van der Waals surface area (Å²) in [5.74, 6) is 0.920. The van der Waals surface area contributed by atoms with Crippen LogP contribution in [0.1, 0.15) is 72.6 Å². The first-order chi connectivity index (χ1) is 11.5. The van der Waals surface area contributed by atoms with E-state index in [0.717, 1.165) is 57.6 Å². The third-order valence-electron chi connectivity index (χ3n) is 5.66. The second-order valence-electron chi connectivity index (χ2n) is 7.94. The van der Waals surface area contributed by atoms with Gasteiger partial charge >= 0.3 is 0 Å². The number of ether oxygens (including phenoxy) is 1. The summed E-state index contributed by atoms with van der Waals surface area (Å²) in [5, 5.41) is 16.8. The Morgan fingerprint density at radius 3 is 2.40 bits per heavy atom. The molecule has 148 valence electrons. The lowest BCUT2D eigenvalue weighted by molar-refractivity contribution is -0.113. The van der Waals surface area contributed by atoms with Crippen molar-refractivity contribution in [2.75, 3.05) is 13.2 Å². The van der Waals surface area contributed by atoms with E-state index in [4.69, 9.17) is 4.74 Å². The molecule has 2 rings (SSSR count). The van der Waals surface area contributed by atoms with Gasteiger partial charge in [0.05, 0.1) is 12.2 Å². The van der Waals surface area contributed by atoms with Crippen molar-refractivity contribution in [2.24, 2.45) is 10.4 Å². The van der Waals surface area contributed by atoms with E-state index in [1.54, 1.807) is 0 Å². The van der Waals surface area contributed by atoms with Gasteiger partial charge in [0.15, 0.2) is 5.96 Å². The number of aliphatic imine (C=N–C) groups is 1. The first kappa shape index (κ1) is 23.0. The summed E-state index contributed by atoms with van der Waals surface area (Å²) in [4.78, 5) is 4.62. The summed E-state index contributed by atoms with van der Waals surface area (Å²) >= 11 is 0. The number of guanidine groups is 1. The molecule has 2 fully saturated rings. The van der Waals surface area contributed by atoms with E-state index < -0.39 is 0 Å². The van der Waals surface area contributed by atoms with E-state index in [2.05, 4.69) is 43.3 Å². The highest BCUT2D eigenvalue weighted by Crippen LogP contribution is 2.42. The van der Waals surface area contributed by atoms with Gasteiger partial charge in [0, 0.05) is 30.7 Å². The largest absolute Gasteiger partial charge is 0.393 e. The van der Waals surface area contributed by atoms with Crippen LogP contribution in [0.25, 0.3) is 0 Å². The Labute approximate surface area is 170 Å². The summed E-state index contributed by atoms with van der Waals surface area (Å²) in [6, 6.07) is 0.821. The van der Waals surface area contributed by atoms with Crippen LogP contribution < -0.4 is 10.6 Å². The van der Waals surface area contributed by atoms with Crippen molar-refractivity contribution in [3.8, 4) is 0 Å². The molecule has 0 aliphatic heterocycles. The van der Waals surface area contributed by atoms with Crippen LogP contribution in [0.5, 0.6) is 0 Å². The number of nitrogens with one attached hydrogen (secondary N) is 2. The van der Waals surface area contributed by atoms with Crippen LogP contribution in [0.2, 0.25) is 0 Å². The molecule has 0 aromatic heterocycles. The number of rotatable bonds is 7. The minimum atomic E-state index is -0.117. The summed E-state index contributed by atoms with van der Waals surface area (Å²) < 4.78 is 6.04. The molecule has 5 nitrogen and oxygen atoms in total. The molecule has 25 heavy (non-hydrogen) atoms. The van der Waals surface area contributed by atoms with Crippen LogP contribution in [0, 0.1) is 5.41 Å². The van der Waals surface area contributed by atoms with Gasteiger partial charge in [-0.15, -0.1) is 24.0 Å².